The fraction of sp³-hybridized carbons (Fsp3) is 0. The van der Waals surface area contributed by atoms with E-state index in [0.717, 1.165) is 0 Å². The van der Waals surface area contributed by atoms with Crippen LogP contribution in [0.25, 0.3) is 76.9 Å². The van der Waals surface area contributed by atoms with Gasteiger partial charge in [0.15, 0.2) is 0 Å². The van der Waals surface area contributed by atoms with Crippen molar-refractivity contribution in [2.75, 3.05) is 0 Å². The van der Waals surface area contributed by atoms with Crippen LogP contribution in [0.4, 0.5) is 0 Å². The maximum atomic E-state index is 9.53. The van der Waals surface area contributed by atoms with E-state index in [0.29, 0.717) is 0 Å². The third-order valence-electron chi connectivity index (χ3n) is 6.19. The van der Waals surface area contributed by atoms with Crippen molar-refractivity contribution in [2.45, 2.75) is 0 Å². The van der Waals surface area contributed by atoms with E-state index in [9.17, 15) is 9.60 Å². The minimum atomic E-state index is -1.02. The molecule has 0 aliphatic heterocycles. The Morgan fingerprint density at radius 3 is 1.62 bits per heavy atom. The Hall–Kier alpha value is -5.14. The van der Waals surface area contributed by atoms with Crippen LogP contribution in [0.3, 0.4) is 0 Å². The molecule has 0 spiro atoms. The van der Waals surface area contributed by atoms with Crippen LogP contribution in [-0.4, -0.2) is 0 Å². The van der Waals surface area contributed by atoms with E-state index in [1.807, 2.05) is 0 Å². The zero-order chi connectivity index (χ0) is 46.6. The smallest absolute Gasteiger partial charge is 0.143 e. The Balaban J connectivity index is 1.76. The summed E-state index contributed by atoms with van der Waals surface area (Å²) in [5.74, 6) is 0. The van der Waals surface area contributed by atoms with Crippen molar-refractivity contribution in [3.63, 3.8) is 0 Å². The highest BCUT2D eigenvalue weighted by atomic mass is 16.3. The summed E-state index contributed by atoms with van der Waals surface area (Å²) in [6, 6.07) is -21.6. The van der Waals surface area contributed by atoms with E-state index in [1.165, 1.54) is 0 Å². The van der Waals surface area contributed by atoms with Crippen molar-refractivity contribution in [3.05, 3.63) is 145 Å². The largest absolute Gasteiger partial charge is 0.455 e. The molecule has 0 atom stereocenters. The molecule has 0 unspecified atom stereocenters. The predicted octanol–water partition coefficient (Wildman–Crippen LogP) is 10.9. The minimum Gasteiger partial charge on any atom is -0.455 e. The van der Waals surface area contributed by atoms with E-state index in [-0.39, 0.29) is 0 Å². The van der Waals surface area contributed by atoms with Crippen molar-refractivity contribution in [1.82, 2.24) is 0 Å². The van der Waals surface area contributed by atoms with Crippen LogP contribution in [0.1, 0.15) is 32.9 Å². The van der Waals surface area contributed by atoms with Crippen LogP contribution in [-0.2, 0) is 0 Å². The van der Waals surface area contributed by atoms with Gasteiger partial charge in [-0.05, 0) is 55.9 Å². The first kappa shape index (κ1) is 8.69. The average molecular weight is 521 g/mol. The van der Waals surface area contributed by atoms with E-state index >= 15 is 0 Å². The molecule has 0 aliphatic rings. The average Bonchev–Trinajstić information content (AvgIpc) is 3.66. The van der Waals surface area contributed by atoms with Gasteiger partial charge in [0.2, 0.25) is 0 Å². The van der Waals surface area contributed by atoms with Crippen molar-refractivity contribution in [3.8, 4) is 33.4 Å². The van der Waals surface area contributed by atoms with Crippen molar-refractivity contribution in [2.24, 2.45) is 0 Å². The van der Waals surface area contributed by atoms with E-state index in [2.05, 4.69) is 0 Å². The first-order chi connectivity index (χ1) is 29.3. The molecule has 7 aromatic carbocycles. The number of para-hydroxylation sites is 2. The lowest BCUT2D eigenvalue weighted by Crippen LogP contribution is -1.91. The topological polar surface area (TPSA) is 13.1 Å². The highest BCUT2D eigenvalue weighted by Gasteiger charge is 2.20. The molecular weight excluding hydrogens is 472 g/mol. The molecular formula is C38H24O. The molecule has 8 aromatic rings. The first-order valence-corrected chi connectivity index (χ1v) is 11.4. The Bertz CT molecular complexity index is 3390. The van der Waals surface area contributed by atoms with Crippen LogP contribution in [0, 0.1) is 0 Å². The fourth-order valence-electron chi connectivity index (χ4n) is 4.60. The van der Waals surface area contributed by atoms with Gasteiger partial charge in [0.05, 0.1) is 32.9 Å². The number of hydrogen-bond donors (Lipinski definition) is 0. The number of fused-ring (bicyclic) bond motifs is 5. The third-order valence-corrected chi connectivity index (χ3v) is 6.19. The Kier molecular flexibility index (Phi) is 1.94. The highest BCUT2D eigenvalue weighted by molar-refractivity contribution is 6.24. The zero-order valence-electron chi connectivity index (χ0n) is 43.4. The van der Waals surface area contributed by atoms with Crippen LogP contribution in [0.5, 0.6) is 0 Å². The third kappa shape index (κ3) is 3.41. The van der Waals surface area contributed by atoms with Crippen molar-refractivity contribution < 1.29 is 37.3 Å². The fourth-order valence-corrected chi connectivity index (χ4v) is 4.60. The Morgan fingerprint density at radius 1 is 0.385 bits per heavy atom. The van der Waals surface area contributed by atoms with Gasteiger partial charge in [-0.3, -0.25) is 0 Å². The summed E-state index contributed by atoms with van der Waals surface area (Å²) in [6.45, 7) is 0. The molecule has 8 rings (SSSR count). The second kappa shape index (κ2) is 8.72. The number of furan rings is 1. The lowest BCUT2D eigenvalue weighted by Gasteiger charge is -2.18. The molecule has 0 aliphatic carbocycles. The maximum Gasteiger partial charge on any atom is 0.143 e. The van der Waals surface area contributed by atoms with E-state index < -0.39 is 222 Å². The number of benzene rings is 7. The lowest BCUT2D eigenvalue weighted by atomic mass is 9.85. The summed E-state index contributed by atoms with van der Waals surface area (Å²) in [4.78, 5) is 0. The van der Waals surface area contributed by atoms with Gasteiger partial charge in [0.1, 0.15) is 11.2 Å². The standard InChI is InChI=1S/C38H24O/c1-2-12-25(13-3-1)26-14-10-15-27(24-26)36-29-17-4-6-19-31(29)37(32-20-7-5-18-30(32)36)34-22-11-21-33-28-16-8-9-23-35(28)39-38(33)34/h1-24H/i1D,2D,3D,4D,5D,6D,7D,8D,9D,10D,11D,12D,13D,14D,15D,16D,17D,18D,19D,20D,21D,22D,23D,24D. The normalized spacial score (nSPS) is 20.2. The summed E-state index contributed by atoms with van der Waals surface area (Å²) in [7, 11) is 0. The van der Waals surface area contributed by atoms with Crippen LogP contribution < -0.4 is 0 Å². The summed E-state index contributed by atoms with van der Waals surface area (Å²) in [5.41, 5.74) is -5.49. The van der Waals surface area contributed by atoms with Gasteiger partial charge in [0, 0.05) is 21.9 Å². The van der Waals surface area contributed by atoms with Gasteiger partial charge in [0.25, 0.3) is 0 Å². The highest BCUT2D eigenvalue weighted by Crippen LogP contribution is 2.46. The van der Waals surface area contributed by atoms with Crippen molar-refractivity contribution in [1.29, 1.82) is 0 Å². The Labute approximate surface area is 260 Å². The van der Waals surface area contributed by atoms with E-state index in [1.54, 1.807) is 0 Å². The summed E-state index contributed by atoms with van der Waals surface area (Å²) in [5, 5.41) is -3.60. The van der Waals surface area contributed by atoms with Gasteiger partial charge in [-0.1, -0.05) is 133 Å². The molecule has 0 saturated carbocycles. The maximum absolute atomic E-state index is 9.53. The number of hydrogen-bond acceptors (Lipinski definition) is 1. The molecule has 0 radical (unpaired) electrons. The van der Waals surface area contributed by atoms with Crippen LogP contribution >= 0.6 is 0 Å². The second-order valence-corrected chi connectivity index (χ2v) is 8.26. The summed E-state index contributed by atoms with van der Waals surface area (Å²) in [6.07, 6.45) is 0. The molecule has 0 fully saturated rings. The molecule has 1 nitrogen and oxygen atoms in total. The quantitative estimate of drug-likeness (QED) is 0.211. The second-order valence-electron chi connectivity index (χ2n) is 8.26. The first-order valence-electron chi connectivity index (χ1n) is 23.4. The molecule has 1 heteroatoms. The molecule has 1 aromatic heterocycles. The Morgan fingerprint density at radius 2 is 0.897 bits per heavy atom. The monoisotopic (exact) mass is 520 g/mol. The predicted molar refractivity (Wildman–Crippen MR) is 165 cm³/mol. The molecule has 0 bridgehead atoms. The SMILES string of the molecule is [2H]c1c([2H])c([2H])c(-c2c([2H])c([2H])c([2H])c(-c3c4c([2H])c([2H])c([2H])c([2H])c4c(-c4c([2H])c([2H])c([2H])c5c4oc4c([2H])c([2H])c([2H])c([2H])c45)c4c([2H])c([2H])c([2H])c([2H])c34)c2[2H])c([2H])c1[2H]. The minimum absolute atomic E-state index is 0.402. The molecule has 182 valence electrons. The van der Waals surface area contributed by atoms with Gasteiger partial charge >= 0.3 is 0 Å². The van der Waals surface area contributed by atoms with Crippen LogP contribution in [0.15, 0.2) is 149 Å². The van der Waals surface area contributed by atoms with Gasteiger partial charge in [-0.2, -0.15) is 0 Å². The molecule has 1 heterocycles. The summed E-state index contributed by atoms with van der Waals surface area (Å²) >= 11 is 0. The number of rotatable bonds is 3. The van der Waals surface area contributed by atoms with Crippen LogP contribution in [0.2, 0.25) is 0 Å². The molecule has 0 saturated heterocycles. The van der Waals surface area contributed by atoms with E-state index in [4.69, 9.17) is 27.7 Å². The summed E-state index contributed by atoms with van der Waals surface area (Å²) < 4.78 is 218. The van der Waals surface area contributed by atoms with Gasteiger partial charge in [-0.25, -0.2) is 0 Å². The van der Waals surface area contributed by atoms with Gasteiger partial charge in [-0.15, -0.1) is 0 Å². The zero-order valence-corrected chi connectivity index (χ0v) is 19.4. The molecule has 0 N–H and O–H groups in total. The van der Waals surface area contributed by atoms with Gasteiger partial charge < -0.3 is 4.42 Å². The molecule has 39 heavy (non-hydrogen) atoms. The molecule has 0 amide bonds. The van der Waals surface area contributed by atoms with Crippen molar-refractivity contribution >= 4 is 43.5 Å². The lowest BCUT2D eigenvalue weighted by molar-refractivity contribution is 0.670.